The molecule has 5 nitrogen and oxygen atoms in total. The average molecular weight is 218 g/mol. The number of hydrogen-bond acceptors (Lipinski definition) is 3. The second-order valence-electron chi connectivity index (χ2n) is 3.74. The van der Waals surface area contributed by atoms with Gasteiger partial charge in [0.05, 0.1) is 12.2 Å². The van der Waals surface area contributed by atoms with Crippen molar-refractivity contribution >= 4 is 5.82 Å². The van der Waals surface area contributed by atoms with Crippen molar-refractivity contribution in [1.82, 2.24) is 14.3 Å². The van der Waals surface area contributed by atoms with Crippen LogP contribution in [-0.4, -0.2) is 14.3 Å². The van der Waals surface area contributed by atoms with Gasteiger partial charge in [-0.1, -0.05) is 6.07 Å². The molecular formula is C11H14N4O. The summed E-state index contributed by atoms with van der Waals surface area (Å²) in [4.78, 5) is 11.5. The number of nitrogens with zero attached hydrogens (tertiary/aromatic N) is 3. The van der Waals surface area contributed by atoms with Crippen LogP contribution in [0.15, 0.2) is 29.2 Å². The van der Waals surface area contributed by atoms with E-state index >= 15 is 0 Å². The fraction of sp³-hybridized carbons (Fsp3) is 0.273. The first-order valence-corrected chi connectivity index (χ1v) is 5.03. The molecule has 2 N–H and O–H groups in total. The van der Waals surface area contributed by atoms with Crippen LogP contribution in [0.1, 0.15) is 11.3 Å². The first kappa shape index (κ1) is 10.5. The van der Waals surface area contributed by atoms with E-state index in [4.69, 9.17) is 5.73 Å². The maximum atomic E-state index is 11.5. The van der Waals surface area contributed by atoms with E-state index in [-0.39, 0.29) is 5.56 Å². The molecule has 2 heterocycles. The van der Waals surface area contributed by atoms with Gasteiger partial charge in [-0.2, -0.15) is 5.10 Å². The molecule has 0 unspecified atom stereocenters. The first-order chi connectivity index (χ1) is 7.59. The topological polar surface area (TPSA) is 65.8 Å². The molecule has 0 fully saturated rings. The predicted octanol–water partition coefficient (Wildman–Crippen LogP) is 0.521. The molecule has 0 bridgehead atoms. The number of rotatable bonds is 2. The summed E-state index contributed by atoms with van der Waals surface area (Å²) in [5.41, 5.74) is 7.61. The zero-order valence-corrected chi connectivity index (χ0v) is 9.34. The molecule has 5 heteroatoms. The van der Waals surface area contributed by atoms with Crippen molar-refractivity contribution in [3.63, 3.8) is 0 Å². The van der Waals surface area contributed by atoms with Crippen LogP contribution in [-0.2, 0) is 13.6 Å². The second kappa shape index (κ2) is 3.84. The Bertz CT molecular complexity index is 568. The van der Waals surface area contributed by atoms with Crippen LogP contribution >= 0.6 is 0 Å². The van der Waals surface area contributed by atoms with Crippen molar-refractivity contribution in [2.75, 3.05) is 5.73 Å². The van der Waals surface area contributed by atoms with Gasteiger partial charge in [0.25, 0.3) is 5.56 Å². The molecule has 16 heavy (non-hydrogen) atoms. The summed E-state index contributed by atoms with van der Waals surface area (Å²) in [6, 6.07) is 5.07. The Morgan fingerprint density at radius 2 is 2.19 bits per heavy atom. The smallest absolute Gasteiger partial charge is 0.250 e. The van der Waals surface area contributed by atoms with Gasteiger partial charge >= 0.3 is 0 Å². The van der Waals surface area contributed by atoms with Gasteiger partial charge in [0, 0.05) is 24.9 Å². The Hall–Kier alpha value is -2.04. The molecule has 2 aromatic heterocycles. The number of anilines is 1. The fourth-order valence-corrected chi connectivity index (χ4v) is 1.68. The van der Waals surface area contributed by atoms with Gasteiger partial charge in [0.1, 0.15) is 5.82 Å². The summed E-state index contributed by atoms with van der Waals surface area (Å²) >= 11 is 0. The third kappa shape index (κ3) is 1.71. The Balaban J connectivity index is 2.42. The lowest BCUT2D eigenvalue weighted by molar-refractivity contribution is 0.756. The molecule has 0 atom stereocenters. The van der Waals surface area contributed by atoms with E-state index in [0.29, 0.717) is 12.4 Å². The van der Waals surface area contributed by atoms with Crippen LogP contribution in [0, 0.1) is 6.92 Å². The highest BCUT2D eigenvalue weighted by atomic mass is 16.1. The van der Waals surface area contributed by atoms with E-state index in [0.717, 1.165) is 11.3 Å². The standard InChI is InChI=1S/C11H14N4O/c1-8-9(11(12)14(2)13-8)7-15-6-4-3-5-10(15)16/h3-6H,7,12H2,1-2H3. The minimum absolute atomic E-state index is 0.0369. The summed E-state index contributed by atoms with van der Waals surface area (Å²) in [5, 5.41) is 4.21. The molecule has 0 aliphatic carbocycles. The molecule has 0 aliphatic heterocycles. The molecule has 2 aromatic rings. The minimum atomic E-state index is -0.0369. The molecule has 0 spiro atoms. The normalized spacial score (nSPS) is 10.6. The summed E-state index contributed by atoms with van der Waals surface area (Å²) < 4.78 is 3.24. The van der Waals surface area contributed by atoms with Crippen LogP contribution in [0.5, 0.6) is 0 Å². The summed E-state index contributed by atoms with van der Waals surface area (Å²) in [6.07, 6.45) is 1.74. The molecule has 0 saturated carbocycles. The van der Waals surface area contributed by atoms with Gasteiger partial charge in [-0.05, 0) is 13.0 Å². The molecule has 0 aromatic carbocycles. The molecule has 2 rings (SSSR count). The van der Waals surface area contributed by atoms with E-state index in [1.165, 1.54) is 6.07 Å². The highest BCUT2D eigenvalue weighted by molar-refractivity contribution is 5.43. The van der Waals surface area contributed by atoms with E-state index in [2.05, 4.69) is 5.10 Å². The Morgan fingerprint density at radius 1 is 1.44 bits per heavy atom. The maximum absolute atomic E-state index is 11.5. The SMILES string of the molecule is Cc1nn(C)c(N)c1Cn1ccccc1=O. The average Bonchev–Trinajstić information content (AvgIpc) is 2.48. The number of nitrogen functional groups attached to an aromatic ring is 1. The van der Waals surface area contributed by atoms with Gasteiger partial charge in [-0.25, -0.2) is 0 Å². The lowest BCUT2D eigenvalue weighted by Gasteiger charge is -2.05. The van der Waals surface area contributed by atoms with E-state index in [1.807, 2.05) is 13.0 Å². The monoisotopic (exact) mass is 218 g/mol. The van der Waals surface area contributed by atoms with Crippen molar-refractivity contribution in [3.8, 4) is 0 Å². The third-order valence-corrected chi connectivity index (χ3v) is 2.62. The number of aryl methyl sites for hydroxylation is 2. The third-order valence-electron chi connectivity index (χ3n) is 2.62. The zero-order chi connectivity index (χ0) is 11.7. The van der Waals surface area contributed by atoms with E-state index < -0.39 is 0 Å². The summed E-state index contributed by atoms with van der Waals surface area (Å²) in [5.74, 6) is 0.605. The number of aromatic nitrogens is 3. The van der Waals surface area contributed by atoms with Crippen molar-refractivity contribution in [2.24, 2.45) is 7.05 Å². The lowest BCUT2D eigenvalue weighted by Crippen LogP contribution is -2.19. The quantitative estimate of drug-likeness (QED) is 0.799. The molecule has 0 saturated heterocycles. The van der Waals surface area contributed by atoms with Crippen LogP contribution in [0.3, 0.4) is 0 Å². The molecule has 0 radical (unpaired) electrons. The molecule has 0 amide bonds. The summed E-state index contributed by atoms with van der Waals surface area (Å²) in [6.45, 7) is 2.35. The van der Waals surface area contributed by atoms with Gasteiger partial charge in [0.15, 0.2) is 0 Å². The van der Waals surface area contributed by atoms with Crippen LogP contribution in [0.2, 0.25) is 0 Å². The number of hydrogen-bond donors (Lipinski definition) is 1. The van der Waals surface area contributed by atoms with Crippen LogP contribution in [0.4, 0.5) is 5.82 Å². The highest BCUT2D eigenvalue weighted by Gasteiger charge is 2.10. The molecule has 84 valence electrons. The Kier molecular flexibility index (Phi) is 2.52. The fourth-order valence-electron chi connectivity index (χ4n) is 1.68. The minimum Gasteiger partial charge on any atom is -0.384 e. The maximum Gasteiger partial charge on any atom is 0.250 e. The second-order valence-corrected chi connectivity index (χ2v) is 3.74. The van der Waals surface area contributed by atoms with Crippen LogP contribution < -0.4 is 11.3 Å². The van der Waals surface area contributed by atoms with Gasteiger partial charge in [0.2, 0.25) is 0 Å². The zero-order valence-electron chi connectivity index (χ0n) is 9.34. The lowest BCUT2D eigenvalue weighted by atomic mass is 10.2. The summed E-state index contributed by atoms with van der Waals surface area (Å²) in [7, 11) is 1.79. The van der Waals surface area contributed by atoms with Crippen molar-refractivity contribution in [3.05, 3.63) is 46.0 Å². The largest absolute Gasteiger partial charge is 0.384 e. The van der Waals surface area contributed by atoms with Gasteiger partial charge in [-0.3, -0.25) is 9.48 Å². The molecule has 0 aliphatic rings. The highest BCUT2D eigenvalue weighted by Crippen LogP contribution is 2.15. The Labute approximate surface area is 93.1 Å². The van der Waals surface area contributed by atoms with Gasteiger partial charge in [-0.15, -0.1) is 0 Å². The van der Waals surface area contributed by atoms with Crippen LogP contribution in [0.25, 0.3) is 0 Å². The van der Waals surface area contributed by atoms with E-state index in [9.17, 15) is 4.79 Å². The van der Waals surface area contributed by atoms with E-state index in [1.54, 1.807) is 28.6 Å². The predicted molar refractivity (Wildman–Crippen MR) is 62.2 cm³/mol. The van der Waals surface area contributed by atoms with Crippen molar-refractivity contribution < 1.29 is 0 Å². The van der Waals surface area contributed by atoms with Gasteiger partial charge < -0.3 is 10.3 Å². The Morgan fingerprint density at radius 3 is 2.75 bits per heavy atom. The molecular weight excluding hydrogens is 204 g/mol. The number of nitrogens with two attached hydrogens (primary N) is 1. The first-order valence-electron chi connectivity index (χ1n) is 5.03. The van der Waals surface area contributed by atoms with Crippen molar-refractivity contribution in [2.45, 2.75) is 13.5 Å². The van der Waals surface area contributed by atoms with Crippen molar-refractivity contribution in [1.29, 1.82) is 0 Å². The number of pyridine rings is 1.